The summed E-state index contributed by atoms with van der Waals surface area (Å²) >= 11 is 6.05. The highest BCUT2D eigenvalue weighted by Crippen LogP contribution is 2.19. The lowest BCUT2D eigenvalue weighted by atomic mass is 10.1. The molecule has 0 unspecified atom stereocenters. The summed E-state index contributed by atoms with van der Waals surface area (Å²) in [5.74, 6) is -0.215. The van der Waals surface area contributed by atoms with Crippen LogP contribution in [-0.2, 0) is 21.2 Å². The van der Waals surface area contributed by atoms with E-state index < -0.39 is 10.0 Å². The van der Waals surface area contributed by atoms with Crippen LogP contribution in [0.1, 0.15) is 19.4 Å². The topological polar surface area (TPSA) is 66.5 Å². The van der Waals surface area contributed by atoms with E-state index >= 15 is 0 Å². The number of rotatable bonds is 7. The van der Waals surface area contributed by atoms with Gasteiger partial charge in [-0.25, -0.2) is 8.42 Å². The summed E-state index contributed by atoms with van der Waals surface area (Å²) in [4.78, 5) is 12.3. The molecule has 0 saturated carbocycles. The number of carbonyl (C=O) groups is 1. The van der Waals surface area contributed by atoms with Gasteiger partial charge in [-0.05, 0) is 35.9 Å². The maximum atomic E-state index is 12.4. The third kappa shape index (κ3) is 4.81. The quantitative estimate of drug-likeness (QED) is 0.798. The molecule has 0 spiro atoms. The van der Waals surface area contributed by atoms with Crippen LogP contribution >= 0.6 is 11.6 Å². The fraction of sp³-hybridized carbons (Fsp3) is 0.278. The second kappa shape index (κ2) is 8.47. The Balaban J connectivity index is 2.08. The Labute approximate surface area is 153 Å². The highest BCUT2D eigenvalue weighted by Gasteiger charge is 2.21. The second-order valence-corrected chi connectivity index (χ2v) is 7.78. The molecule has 2 aromatic carbocycles. The summed E-state index contributed by atoms with van der Waals surface area (Å²) in [5.41, 5.74) is 1.28. The van der Waals surface area contributed by atoms with E-state index in [0.717, 1.165) is 5.56 Å². The van der Waals surface area contributed by atoms with E-state index in [9.17, 15) is 13.2 Å². The first-order valence-corrected chi connectivity index (χ1v) is 9.83. The molecule has 0 atom stereocenters. The molecule has 134 valence electrons. The van der Waals surface area contributed by atoms with Crippen LogP contribution in [0.5, 0.6) is 0 Å². The molecule has 0 radical (unpaired) electrons. The average Bonchev–Trinajstić information content (AvgIpc) is 2.58. The van der Waals surface area contributed by atoms with Gasteiger partial charge in [-0.2, -0.15) is 4.31 Å². The van der Waals surface area contributed by atoms with Crippen LogP contribution in [0.2, 0.25) is 5.02 Å². The van der Waals surface area contributed by atoms with Crippen molar-refractivity contribution in [2.24, 2.45) is 0 Å². The number of halogens is 1. The van der Waals surface area contributed by atoms with Crippen LogP contribution in [0.4, 0.5) is 5.69 Å². The lowest BCUT2D eigenvalue weighted by molar-refractivity contribution is -0.115. The number of benzene rings is 2. The van der Waals surface area contributed by atoms with E-state index in [1.54, 1.807) is 44.2 Å². The molecule has 25 heavy (non-hydrogen) atoms. The van der Waals surface area contributed by atoms with Gasteiger partial charge in [-0.15, -0.1) is 0 Å². The van der Waals surface area contributed by atoms with Crippen molar-refractivity contribution in [1.82, 2.24) is 4.31 Å². The van der Waals surface area contributed by atoms with Crippen LogP contribution in [0.15, 0.2) is 53.4 Å². The van der Waals surface area contributed by atoms with E-state index in [-0.39, 0.29) is 17.2 Å². The molecule has 0 aliphatic carbocycles. The van der Waals surface area contributed by atoms with Gasteiger partial charge in [-0.3, -0.25) is 4.79 Å². The molecule has 0 aliphatic heterocycles. The highest BCUT2D eigenvalue weighted by molar-refractivity contribution is 7.89. The minimum Gasteiger partial charge on any atom is -0.326 e. The Bertz CT molecular complexity index is 832. The van der Waals surface area contributed by atoms with Crippen molar-refractivity contribution < 1.29 is 13.2 Å². The van der Waals surface area contributed by atoms with Gasteiger partial charge >= 0.3 is 0 Å². The average molecular weight is 381 g/mol. The lowest BCUT2D eigenvalue weighted by Gasteiger charge is -2.18. The molecule has 2 rings (SSSR count). The first-order valence-electron chi connectivity index (χ1n) is 8.02. The SMILES string of the molecule is CCN(CC)S(=O)(=O)c1ccc(NC(=O)Cc2ccccc2Cl)cc1. The molecular weight excluding hydrogens is 360 g/mol. The third-order valence-electron chi connectivity index (χ3n) is 3.79. The van der Waals surface area contributed by atoms with Gasteiger partial charge in [0.15, 0.2) is 0 Å². The van der Waals surface area contributed by atoms with Crippen LogP contribution in [0.25, 0.3) is 0 Å². The van der Waals surface area contributed by atoms with Crippen molar-refractivity contribution in [3.63, 3.8) is 0 Å². The Kier molecular flexibility index (Phi) is 6.58. The number of sulfonamides is 1. The van der Waals surface area contributed by atoms with Crippen molar-refractivity contribution in [2.45, 2.75) is 25.2 Å². The largest absolute Gasteiger partial charge is 0.326 e. The Morgan fingerprint density at radius 1 is 1.04 bits per heavy atom. The molecule has 5 nitrogen and oxygen atoms in total. The Hall–Kier alpha value is -1.89. The van der Waals surface area contributed by atoms with Crippen LogP contribution < -0.4 is 5.32 Å². The van der Waals surface area contributed by atoms with E-state index in [1.165, 1.54) is 16.4 Å². The van der Waals surface area contributed by atoms with Crippen molar-refractivity contribution in [2.75, 3.05) is 18.4 Å². The predicted octanol–water partition coefficient (Wildman–Crippen LogP) is 3.55. The summed E-state index contributed by atoms with van der Waals surface area (Å²) in [7, 11) is -3.50. The molecule has 0 aromatic heterocycles. The fourth-order valence-corrected chi connectivity index (χ4v) is 4.10. The van der Waals surface area contributed by atoms with Crippen molar-refractivity contribution >= 4 is 33.2 Å². The number of hydrogen-bond acceptors (Lipinski definition) is 3. The van der Waals surface area contributed by atoms with E-state index in [2.05, 4.69) is 5.32 Å². The molecule has 0 aliphatic rings. The van der Waals surface area contributed by atoms with Crippen LogP contribution in [0, 0.1) is 0 Å². The lowest BCUT2D eigenvalue weighted by Crippen LogP contribution is -2.30. The normalized spacial score (nSPS) is 11.5. The second-order valence-electron chi connectivity index (χ2n) is 5.43. The molecule has 0 fully saturated rings. The van der Waals surface area contributed by atoms with Crippen molar-refractivity contribution in [3.05, 3.63) is 59.1 Å². The van der Waals surface area contributed by atoms with Gasteiger partial charge in [-0.1, -0.05) is 43.6 Å². The van der Waals surface area contributed by atoms with E-state index in [1.807, 2.05) is 6.07 Å². The predicted molar refractivity (Wildman–Crippen MR) is 100 cm³/mol. The monoisotopic (exact) mass is 380 g/mol. The molecule has 1 amide bonds. The highest BCUT2D eigenvalue weighted by atomic mass is 35.5. The minimum absolute atomic E-state index is 0.152. The van der Waals surface area contributed by atoms with Crippen molar-refractivity contribution in [1.29, 1.82) is 0 Å². The molecule has 0 saturated heterocycles. The minimum atomic E-state index is -3.50. The standard InChI is InChI=1S/C18H21ClN2O3S/c1-3-21(4-2)25(23,24)16-11-9-15(10-12-16)20-18(22)13-14-7-5-6-8-17(14)19/h5-12H,3-4,13H2,1-2H3,(H,20,22). The van der Waals surface area contributed by atoms with E-state index in [4.69, 9.17) is 11.6 Å². The third-order valence-corrected chi connectivity index (χ3v) is 6.22. The van der Waals surface area contributed by atoms with Crippen LogP contribution in [0.3, 0.4) is 0 Å². The number of nitrogens with one attached hydrogen (secondary N) is 1. The van der Waals surface area contributed by atoms with Gasteiger partial charge < -0.3 is 5.32 Å². The number of anilines is 1. The van der Waals surface area contributed by atoms with Gasteiger partial charge in [0.2, 0.25) is 15.9 Å². The van der Waals surface area contributed by atoms with Gasteiger partial charge in [0.1, 0.15) is 0 Å². The Morgan fingerprint density at radius 3 is 2.20 bits per heavy atom. The molecular formula is C18H21ClN2O3S. The number of amides is 1. The summed E-state index contributed by atoms with van der Waals surface area (Å²) in [6, 6.07) is 13.3. The molecule has 2 aromatic rings. The zero-order valence-corrected chi connectivity index (χ0v) is 15.8. The van der Waals surface area contributed by atoms with Gasteiger partial charge in [0.05, 0.1) is 11.3 Å². The first kappa shape index (κ1) is 19.4. The molecule has 7 heteroatoms. The van der Waals surface area contributed by atoms with Crippen molar-refractivity contribution in [3.8, 4) is 0 Å². The van der Waals surface area contributed by atoms with E-state index in [0.29, 0.717) is 23.8 Å². The zero-order chi connectivity index (χ0) is 18.4. The Morgan fingerprint density at radius 2 is 1.64 bits per heavy atom. The fourth-order valence-electron chi connectivity index (χ4n) is 2.44. The maximum absolute atomic E-state index is 12.4. The number of hydrogen-bond donors (Lipinski definition) is 1. The number of nitrogens with zero attached hydrogens (tertiary/aromatic N) is 1. The maximum Gasteiger partial charge on any atom is 0.243 e. The zero-order valence-electron chi connectivity index (χ0n) is 14.2. The summed E-state index contributed by atoms with van der Waals surface area (Å²) in [6.45, 7) is 4.42. The van der Waals surface area contributed by atoms with Gasteiger partial charge in [0.25, 0.3) is 0 Å². The smallest absolute Gasteiger partial charge is 0.243 e. The summed E-state index contributed by atoms with van der Waals surface area (Å²) in [6.07, 6.45) is 0.152. The van der Waals surface area contributed by atoms with Crippen LogP contribution in [-0.4, -0.2) is 31.7 Å². The van der Waals surface area contributed by atoms with Gasteiger partial charge in [0, 0.05) is 23.8 Å². The molecule has 0 bridgehead atoms. The first-order chi connectivity index (χ1) is 11.9. The summed E-state index contributed by atoms with van der Waals surface area (Å²) in [5, 5.41) is 3.29. The number of carbonyl (C=O) groups excluding carboxylic acids is 1. The summed E-state index contributed by atoms with van der Waals surface area (Å²) < 4.78 is 26.2. The molecule has 0 heterocycles. The molecule has 1 N–H and O–H groups in total.